The Bertz CT molecular complexity index is 692. The lowest BCUT2D eigenvalue weighted by Crippen LogP contribution is -2.40. The molecule has 0 aliphatic carbocycles. The number of methoxy groups -OCH3 is 3. The van der Waals surface area contributed by atoms with Gasteiger partial charge in [0.25, 0.3) is 5.91 Å². The van der Waals surface area contributed by atoms with Gasteiger partial charge in [-0.2, -0.15) is 0 Å². The van der Waals surface area contributed by atoms with Crippen LogP contribution in [0.1, 0.15) is 25.3 Å². The van der Waals surface area contributed by atoms with Gasteiger partial charge in [-0.15, -0.1) is 0 Å². The number of carbonyl (C=O) groups is 2. The van der Waals surface area contributed by atoms with E-state index in [1.54, 1.807) is 23.1 Å². The molecule has 7 heteroatoms. The number of hydrogen-bond donors (Lipinski definition) is 0. The van der Waals surface area contributed by atoms with Crippen molar-refractivity contribution in [3.8, 4) is 17.2 Å². The van der Waals surface area contributed by atoms with E-state index in [2.05, 4.69) is 6.92 Å². The molecule has 0 bridgehead atoms. The predicted octanol–water partition coefficient (Wildman–Crippen LogP) is 2.53. The molecule has 27 heavy (non-hydrogen) atoms. The Hall–Kier alpha value is -2.70. The van der Waals surface area contributed by atoms with Crippen LogP contribution >= 0.6 is 0 Å². The third kappa shape index (κ3) is 5.64. The Balaban J connectivity index is 1.95. The molecule has 7 nitrogen and oxygen atoms in total. The Kier molecular flexibility index (Phi) is 7.52. The summed E-state index contributed by atoms with van der Waals surface area (Å²) < 4.78 is 20.9. The first-order valence-corrected chi connectivity index (χ1v) is 8.91. The Morgan fingerprint density at radius 1 is 1.04 bits per heavy atom. The minimum atomic E-state index is -0.592. The van der Waals surface area contributed by atoms with Crippen molar-refractivity contribution in [3.05, 3.63) is 23.8 Å². The molecule has 0 atom stereocenters. The summed E-state index contributed by atoms with van der Waals surface area (Å²) in [7, 11) is 4.58. The molecule has 1 aliphatic heterocycles. The lowest BCUT2D eigenvalue weighted by atomic mass is 9.99. The standard InChI is InChI=1S/C20H27NO6/c1-14-7-9-21(10-8-14)19(22)13-27-20(23)6-5-15-11-17(25-3)18(26-4)12-16(15)24-2/h5-6,11-12,14H,7-10,13H2,1-4H3/b6-5+. The van der Waals surface area contributed by atoms with Crippen molar-refractivity contribution < 1.29 is 28.5 Å². The lowest BCUT2D eigenvalue weighted by molar-refractivity contribution is -0.148. The van der Waals surface area contributed by atoms with Gasteiger partial charge < -0.3 is 23.8 Å². The zero-order valence-electron chi connectivity index (χ0n) is 16.3. The molecule has 0 radical (unpaired) electrons. The molecule has 0 saturated carbocycles. The first kappa shape index (κ1) is 20.6. The number of esters is 1. The average molecular weight is 377 g/mol. The molecule has 1 amide bonds. The highest BCUT2D eigenvalue weighted by Crippen LogP contribution is 2.35. The molecular weight excluding hydrogens is 350 g/mol. The van der Waals surface area contributed by atoms with Crippen LogP contribution in [-0.4, -0.2) is 57.8 Å². The number of rotatable bonds is 7. The van der Waals surface area contributed by atoms with E-state index in [0.29, 0.717) is 28.7 Å². The summed E-state index contributed by atoms with van der Waals surface area (Å²) in [6, 6.07) is 3.37. The van der Waals surface area contributed by atoms with Crippen LogP contribution in [0.2, 0.25) is 0 Å². The lowest BCUT2D eigenvalue weighted by Gasteiger charge is -2.30. The van der Waals surface area contributed by atoms with E-state index in [0.717, 1.165) is 25.9 Å². The van der Waals surface area contributed by atoms with Crippen LogP contribution in [0.4, 0.5) is 0 Å². The maximum atomic E-state index is 12.1. The highest BCUT2D eigenvalue weighted by atomic mass is 16.5. The van der Waals surface area contributed by atoms with Crippen molar-refractivity contribution in [2.24, 2.45) is 5.92 Å². The summed E-state index contributed by atoms with van der Waals surface area (Å²) in [4.78, 5) is 25.8. The van der Waals surface area contributed by atoms with Crippen LogP contribution < -0.4 is 14.2 Å². The fourth-order valence-electron chi connectivity index (χ4n) is 2.87. The second-order valence-electron chi connectivity index (χ2n) is 6.45. The zero-order chi connectivity index (χ0) is 19.8. The normalized spacial score (nSPS) is 14.9. The summed E-state index contributed by atoms with van der Waals surface area (Å²) in [5.41, 5.74) is 0.628. The van der Waals surface area contributed by atoms with Crippen molar-refractivity contribution in [3.63, 3.8) is 0 Å². The summed E-state index contributed by atoms with van der Waals surface area (Å²) in [6.07, 6.45) is 4.78. The van der Waals surface area contributed by atoms with Crippen LogP contribution in [0.25, 0.3) is 6.08 Å². The number of nitrogens with zero attached hydrogens (tertiary/aromatic N) is 1. The van der Waals surface area contributed by atoms with E-state index < -0.39 is 5.97 Å². The van der Waals surface area contributed by atoms with Gasteiger partial charge in [0.1, 0.15) is 5.75 Å². The summed E-state index contributed by atoms with van der Waals surface area (Å²) in [6.45, 7) is 3.36. The van der Waals surface area contributed by atoms with Gasteiger partial charge in [0.05, 0.1) is 21.3 Å². The van der Waals surface area contributed by atoms with E-state index in [4.69, 9.17) is 18.9 Å². The highest BCUT2D eigenvalue weighted by molar-refractivity contribution is 5.90. The second-order valence-corrected chi connectivity index (χ2v) is 6.45. The van der Waals surface area contributed by atoms with Crippen LogP contribution in [0.15, 0.2) is 18.2 Å². The quantitative estimate of drug-likeness (QED) is 0.537. The van der Waals surface area contributed by atoms with Crippen LogP contribution in [-0.2, 0) is 14.3 Å². The molecule has 0 aromatic heterocycles. The molecule has 1 aromatic rings. The molecule has 148 valence electrons. The van der Waals surface area contributed by atoms with Gasteiger partial charge in [0.2, 0.25) is 0 Å². The molecule has 1 aromatic carbocycles. The van der Waals surface area contributed by atoms with Gasteiger partial charge in [0.15, 0.2) is 18.1 Å². The van der Waals surface area contributed by atoms with Crippen LogP contribution in [0.5, 0.6) is 17.2 Å². The van der Waals surface area contributed by atoms with E-state index in [-0.39, 0.29) is 12.5 Å². The number of hydrogen-bond acceptors (Lipinski definition) is 6. The number of benzene rings is 1. The van der Waals surface area contributed by atoms with Crippen molar-refractivity contribution >= 4 is 18.0 Å². The molecule has 0 N–H and O–H groups in total. The fourth-order valence-corrected chi connectivity index (χ4v) is 2.87. The van der Waals surface area contributed by atoms with Gasteiger partial charge in [-0.3, -0.25) is 4.79 Å². The zero-order valence-corrected chi connectivity index (χ0v) is 16.3. The molecule has 2 rings (SSSR count). The monoisotopic (exact) mass is 377 g/mol. The van der Waals surface area contributed by atoms with Crippen LogP contribution in [0, 0.1) is 5.92 Å². The molecular formula is C20H27NO6. The molecule has 0 unspecified atom stereocenters. The van der Waals surface area contributed by atoms with E-state index in [9.17, 15) is 9.59 Å². The fraction of sp³-hybridized carbons (Fsp3) is 0.500. The maximum Gasteiger partial charge on any atom is 0.331 e. The third-order valence-electron chi connectivity index (χ3n) is 4.61. The number of piperidine rings is 1. The Labute approximate surface area is 159 Å². The molecule has 1 heterocycles. The van der Waals surface area contributed by atoms with Gasteiger partial charge in [0, 0.05) is 30.8 Å². The minimum Gasteiger partial charge on any atom is -0.496 e. The highest BCUT2D eigenvalue weighted by Gasteiger charge is 2.20. The Morgan fingerprint density at radius 2 is 1.63 bits per heavy atom. The first-order chi connectivity index (χ1) is 13.0. The van der Waals surface area contributed by atoms with Crippen molar-refractivity contribution in [1.29, 1.82) is 0 Å². The van der Waals surface area contributed by atoms with Crippen molar-refractivity contribution in [1.82, 2.24) is 4.90 Å². The minimum absolute atomic E-state index is 0.160. The summed E-state index contributed by atoms with van der Waals surface area (Å²) >= 11 is 0. The van der Waals surface area contributed by atoms with Crippen LogP contribution in [0.3, 0.4) is 0 Å². The molecule has 1 aliphatic rings. The smallest absolute Gasteiger partial charge is 0.331 e. The van der Waals surface area contributed by atoms with Gasteiger partial charge in [-0.05, 0) is 30.9 Å². The van der Waals surface area contributed by atoms with Gasteiger partial charge >= 0.3 is 5.97 Å². The number of ether oxygens (including phenoxy) is 4. The second kappa shape index (κ2) is 9.85. The summed E-state index contributed by atoms with van der Waals surface area (Å²) in [5.74, 6) is 1.44. The molecule has 1 saturated heterocycles. The largest absolute Gasteiger partial charge is 0.496 e. The first-order valence-electron chi connectivity index (χ1n) is 8.91. The topological polar surface area (TPSA) is 74.3 Å². The molecule has 1 fully saturated rings. The predicted molar refractivity (Wildman–Crippen MR) is 101 cm³/mol. The SMILES string of the molecule is COc1cc(OC)c(OC)cc1/C=C/C(=O)OCC(=O)N1CCC(C)CC1. The number of carbonyl (C=O) groups excluding carboxylic acids is 2. The number of amides is 1. The van der Waals surface area contributed by atoms with E-state index in [1.165, 1.54) is 27.4 Å². The maximum absolute atomic E-state index is 12.1. The molecule has 0 spiro atoms. The third-order valence-corrected chi connectivity index (χ3v) is 4.61. The Morgan fingerprint density at radius 3 is 2.22 bits per heavy atom. The van der Waals surface area contributed by atoms with Gasteiger partial charge in [-0.25, -0.2) is 4.79 Å². The summed E-state index contributed by atoms with van der Waals surface area (Å²) in [5, 5.41) is 0. The van der Waals surface area contributed by atoms with Crippen molar-refractivity contribution in [2.45, 2.75) is 19.8 Å². The number of likely N-dealkylation sites (tertiary alicyclic amines) is 1. The van der Waals surface area contributed by atoms with E-state index >= 15 is 0 Å². The van der Waals surface area contributed by atoms with E-state index in [1.807, 2.05) is 0 Å². The average Bonchev–Trinajstić information content (AvgIpc) is 2.70. The van der Waals surface area contributed by atoms with Crippen molar-refractivity contribution in [2.75, 3.05) is 41.0 Å². The van der Waals surface area contributed by atoms with Gasteiger partial charge in [-0.1, -0.05) is 6.92 Å².